The van der Waals surface area contributed by atoms with Crippen molar-refractivity contribution >= 4 is 40.6 Å². The van der Waals surface area contributed by atoms with Gasteiger partial charge in [-0.1, -0.05) is 11.8 Å². The van der Waals surface area contributed by atoms with Crippen LogP contribution in [0.4, 0.5) is 27.5 Å². The van der Waals surface area contributed by atoms with E-state index in [4.69, 9.17) is 4.74 Å². The number of hydrogen-bond acceptors (Lipinski definition) is 5. The van der Waals surface area contributed by atoms with Gasteiger partial charge >= 0.3 is 6.09 Å². The summed E-state index contributed by atoms with van der Waals surface area (Å²) >= 11 is 1.71. The molecule has 29 heavy (non-hydrogen) atoms. The number of carbonyl (C=O) groups is 1. The molecule has 156 valence electrons. The first-order valence-electron chi connectivity index (χ1n) is 9.74. The summed E-state index contributed by atoms with van der Waals surface area (Å²) in [5.74, 6) is 0. The first kappa shape index (κ1) is 21.4. The Bertz CT molecular complexity index is 898. The first-order chi connectivity index (χ1) is 13.4. The Labute approximate surface area is 178 Å². The van der Waals surface area contributed by atoms with Gasteiger partial charge in [0.15, 0.2) is 0 Å². The highest BCUT2D eigenvalue weighted by molar-refractivity contribution is 7.99. The second kappa shape index (κ2) is 7.48. The Balaban J connectivity index is 2.25. The molecule has 0 bridgehead atoms. The summed E-state index contributed by atoms with van der Waals surface area (Å²) in [7, 11) is 8.12. The molecule has 5 nitrogen and oxygen atoms in total. The number of ether oxygens (including phenoxy) is 1. The van der Waals surface area contributed by atoms with Gasteiger partial charge in [-0.3, -0.25) is 0 Å². The second-order valence-corrected chi connectivity index (χ2v) is 10.0. The number of carbonyl (C=O) groups excluding carboxylic acids is 1. The summed E-state index contributed by atoms with van der Waals surface area (Å²) in [4.78, 5) is 21.4. The average Bonchev–Trinajstić information content (AvgIpc) is 2.57. The van der Waals surface area contributed by atoms with Gasteiger partial charge in [0.1, 0.15) is 5.60 Å². The van der Waals surface area contributed by atoms with Crippen molar-refractivity contribution in [1.29, 1.82) is 0 Å². The molecule has 3 rings (SSSR count). The molecule has 0 fully saturated rings. The highest BCUT2D eigenvalue weighted by atomic mass is 32.2. The Hall–Kier alpha value is -2.34. The standard InChI is InChI=1S/C23H31N3O2S/c1-14-10-16(24(6)7)12-18-20(14)26(22(27)28-23(3,4)5)21-15(2)11-17(25(8)9)13-19(21)29-18/h10-13H,1-9H3. The molecule has 0 saturated heterocycles. The third kappa shape index (κ3) is 4.17. The Kier molecular flexibility index (Phi) is 5.52. The maximum atomic E-state index is 13.4. The molecular weight excluding hydrogens is 382 g/mol. The van der Waals surface area contributed by atoms with E-state index in [1.165, 1.54) is 0 Å². The fraction of sp³-hybridized carbons (Fsp3) is 0.435. The van der Waals surface area contributed by atoms with Crippen molar-refractivity contribution in [2.24, 2.45) is 0 Å². The van der Waals surface area contributed by atoms with E-state index in [9.17, 15) is 4.79 Å². The van der Waals surface area contributed by atoms with E-state index in [0.29, 0.717) is 0 Å². The summed E-state index contributed by atoms with van der Waals surface area (Å²) in [6.45, 7) is 9.80. The fourth-order valence-corrected chi connectivity index (χ4v) is 4.72. The molecule has 0 N–H and O–H groups in total. The van der Waals surface area contributed by atoms with Crippen LogP contribution < -0.4 is 14.7 Å². The minimum Gasteiger partial charge on any atom is -0.443 e. The van der Waals surface area contributed by atoms with Crippen molar-refractivity contribution in [2.75, 3.05) is 42.9 Å². The van der Waals surface area contributed by atoms with E-state index >= 15 is 0 Å². The lowest BCUT2D eigenvalue weighted by molar-refractivity contribution is 0.0597. The first-order valence-corrected chi connectivity index (χ1v) is 10.6. The third-order valence-electron chi connectivity index (χ3n) is 4.78. The predicted octanol–water partition coefficient (Wildman–Crippen LogP) is 5.97. The maximum absolute atomic E-state index is 13.4. The van der Waals surface area contributed by atoms with Gasteiger partial charge in [0, 0.05) is 49.4 Å². The van der Waals surface area contributed by atoms with Gasteiger partial charge in [0.25, 0.3) is 0 Å². The number of rotatable bonds is 2. The molecular formula is C23H31N3O2S. The van der Waals surface area contributed by atoms with Crippen LogP contribution >= 0.6 is 11.8 Å². The van der Waals surface area contributed by atoms with Crippen molar-refractivity contribution < 1.29 is 9.53 Å². The van der Waals surface area contributed by atoms with Crippen LogP contribution in [0.15, 0.2) is 34.1 Å². The van der Waals surface area contributed by atoms with Crippen molar-refractivity contribution in [1.82, 2.24) is 0 Å². The molecule has 1 aliphatic heterocycles. The van der Waals surface area contributed by atoms with Crippen LogP contribution in [0.5, 0.6) is 0 Å². The van der Waals surface area contributed by atoms with Gasteiger partial charge in [0.05, 0.1) is 11.4 Å². The quantitative estimate of drug-likeness (QED) is 0.606. The van der Waals surface area contributed by atoms with Crippen molar-refractivity contribution in [3.8, 4) is 0 Å². The van der Waals surface area contributed by atoms with Gasteiger partial charge in [-0.05, 0) is 70.0 Å². The topological polar surface area (TPSA) is 36.0 Å². The van der Waals surface area contributed by atoms with Gasteiger partial charge in [-0.2, -0.15) is 0 Å². The van der Waals surface area contributed by atoms with Gasteiger partial charge in [-0.25, -0.2) is 9.69 Å². The molecule has 0 spiro atoms. The number of fused-ring (bicyclic) bond motifs is 2. The Morgan fingerprint density at radius 3 is 1.62 bits per heavy atom. The van der Waals surface area contributed by atoms with Crippen LogP contribution in [0, 0.1) is 13.8 Å². The maximum Gasteiger partial charge on any atom is 0.419 e. The number of benzene rings is 2. The van der Waals surface area contributed by atoms with Crippen LogP contribution in [0.25, 0.3) is 0 Å². The molecule has 1 heterocycles. The minimum atomic E-state index is -0.572. The average molecular weight is 414 g/mol. The summed E-state index contributed by atoms with van der Waals surface area (Å²) in [6.07, 6.45) is -0.346. The lowest BCUT2D eigenvalue weighted by Gasteiger charge is -2.36. The van der Waals surface area contributed by atoms with E-state index in [1.54, 1.807) is 16.7 Å². The van der Waals surface area contributed by atoms with Crippen molar-refractivity contribution in [3.05, 3.63) is 35.4 Å². The number of anilines is 4. The molecule has 2 aromatic carbocycles. The molecule has 1 aliphatic rings. The summed E-state index contributed by atoms with van der Waals surface area (Å²) in [5.41, 5.74) is 5.56. The van der Waals surface area contributed by atoms with Crippen LogP contribution in [-0.4, -0.2) is 39.9 Å². The fourth-order valence-electron chi connectivity index (χ4n) is 3.42. The zero-order chi connectivity index (χ0) is 21.7. The van der Waals surface area contributed by atoms with Gasteiger partial charge in [0.2, 0.25) is 0 Å². The smallest absolute Gasteiger partial charge is 0.419 e. The lowest BCUT2D eigenvalue weighted by Crippen LogP contribution is -2.36. The summed E-state index contributed by atoms with van der Waals surface area (Å²) in [6, 6.07) is 8.52. The zero-order valence-electron chi connectivity index (χ0n) is 18.9. The molecule has 0 aromatic heterocycles. The molecule has 0 saturated carbocycles. The molecule has 0 unspecified atom stereocenters. The summed E-state index contributed by atoms with van der Waals surface area (Å²) in [5, 5.41) is 0. The van der Waals surface area contributed by atoms with Crippen LogP contribution in [0.3, 0.4) is 0 Å². The van der Waals surface area contributed by atoms with E-state index in [1.807, 2.05) is 49.0 Å². The second-order valence-electron chi connectivity index (χ2n) is 8.93. The van der Waals surface area contributed by atoms with Crippen LogP contribution in [0.1, 0.15) is 31.9 Å². The normalized spacial score (nSPS) is 12.9. The van der Waals surface area contributed by atoms with Crippen LogP contribution in [-0.2, 0) is 4.74 Å². The number of hydrogen-bond donors (Lipinski definition) is 0. The van der Waals surface area contributed by atoms with Crippen molar-refractivity contribution in [2.45, 2.75) is 50.0 Å². The number of amides is 1. The van der Waals surface area contributed by atoms with E-state index in [-0.39, 0.29) is 6.09 Å². The highest BCUT2D eigenvalue weighted by Crippen LogP contribution is 2.53. The predicted molar refractivity (Wildman–Crippen MR) is 124 cm³/mol. The highest BCUT2D eigenvalue weighted by Gasteiger charge is 2.35. The Morgan fingerprint density at radius 1 is 0.862 bits per heavy atom. The molecule has 2 aromatic rings. The summed E-state index contributed by atoms with van der Waals surface area (Å²) < 4.78 is 5.81. The van der Waals surface area contributed by atoms with Crippen LogP contribution in [0.2, 0.25) is 0 Å². The molecule has 0 aliphatic carbocycles. The van der Waals surface area contributed by atoms with E-state index in [2.05, 4.69) is 47.9 Å². The largest absolute Gasteiger partial charge is 0.443 e. The van der Waals surface area contributed by atoms with Crippen molar-refractivity contribution in [3.63, 3.8) is 0 Å². The minimum absolute atomic E-state index is 0.346. The van der Waals surface area contributed by atoms with Gasteiger partial charge in [-0.15, -0.1) is 0 Å². The monoisotopic (exact) mass is 413 g/mol. The molecule has 6 heteroatoms. The van der Waals surface area contributed by atoms with E-state index in [0.717, 1.165) is 43.7 Å². The molecule has 0 atom stereocenters. The third-order valence-corrected chi connectivity index (χ3v) is 5.84. The lowest BCUT2D eigenvalue weighted by atomic mass is 10.1. The number of nitrogens with zero attached hydrogens (tertiary/aromatic N) is 3. The van der Waals surface area contributed by atoms with E-state index < -0.39 is 5.60 Å². The molecule has 0 radical (unpaired) electrons. The Morgan fingerprint density at radius 2 is 1.28 bits per heavy atom. The number of aryl methyl sites for hydroxylation is 2. The molecule has 1 amide bonds. The zero-order valence-corrected chi connectivity index (χ0v) is 19.7. The SMILES string of the molecule is Cc1cc(N(C)C)cc2c1N(C(=O)OC(C)(C)C)c1c(C)cc(N(C)C)cc1S2. The van der Waals surface area contributed by atoms with Gasteiger partial charge < -0.3 is 14.5 Å².